The van der Waals surface area contributed by atoms with Crippen LogP contribution in [-0.4, -0.2) is 17.3 Å². The fraction of sp³-hybridized carbons (Fsp3) is 0.571. The molecule has 1 aliphatic heterocycles. The molecule has 1 aliphatic rings. The zero-order valence-corrected chi connectivity index (χ0v) is 13.4. The highest BCUT2D eigenvalue weighted by molar-refractivity contribution is 9.10. The first kappa shape index (κ1) is 14.2. The van der Waals surface area contributed by atoms with Crippen molar-refractivity contribution in [3.8, 4) is 5.75 Å². The van der Waals surface area contributed by atoms with Gasteiger partial charge in [-0.15, -0.1) is 0 Å². The Morgan fingerprint density at radius 1 is 1.33 bits per heavy atom. The molecule has 0 radical (unpaired) electrons. The van der Waals surface area contributed by atoms with E-state index >= 15 is 0 Å². The van der Waals surface area contributed by atoms with E-state index in [0.717, 1.165) is 10.9 Å². The smallest absolute Gasteiger partial charge is 0.139 e. The number of ether oxygens (including phenoxy) is 2. The summed E-state index contributed by atoms with van der Waals surface area (Å²) in [6.45, 7) is 8.28. The molecule has 4 heteroatoms. The Morgan fingerprint density at radius 2 is 2.00 bits per heavy atom. The van der Waals surface area contributed by atoms with E-state index in [9.17, 15) is 0 Å². The molecule has 0 bridgehead atoms. The van der Waals surface area contributed by atoms with Gasteiger partial charge in [0.15, 0.2) is 0 Å². The highest BCUT2D eigenvalue weighted by Gasteiger charge is 2.47. The molecule has 0 amide bonds. The third-order valence-corrected chi connectivity index (χ3v) is 3.96. The monoisotopic (exact) mass is 332 g/mol. The van der Waals surface area contributed by atoms with Crippen molar-refractivity contribution in [2.24, 2.45) is 0 Å². The van der Waals surface area contributed by atoms with Crippen molar-refractivity contribution in [1.29, 1.82) is 0 Å². The van der Waals surface area contributed by atoms with Crippen molar-refractivity contribution in [3.63, 3.8) is 0 Å². The number of hydrogen-bond donors (Lipinski definition) is 0. The van der Waals surface area contributed by atoms with E-state index in [1.54, 1.807) is 0 Å². The molecule has 1 fully saturated rings. The summed E-state index contributed by atoms with van der Waals surface area (Å²) in [6.07, 6.45) is 0.849. The summed E-state index contributed by atoms with van der Waals surface area (Å²) in [7, 11) is 0. The molecule has 100 valence electrons. The van der Waals surface area contributed by atoms with Crippen LogP contribution in [0.1, 0.15) is 34.1 Å². The van der Waals surface area contributed by atoms with E-state index in [1.807, 2.05) is 18.2 Å². The molecule has 0 spiro atoms. The summed E-state index contributed by atoms with van der Waals surface area (Å²) < 4.78 is 13.0. The summed E-state index contributed by atoms with van der Waals surface area (Å²) in [5.74, 6) is 0.699. The molecule has 1 aromatic carbocycles. The first-order valence-corrected chi connectivity index (χ1v) is 7.19. The van der Waals surface area contributed by atoms with Crippen LogP contribution in [0.3, 0.4) is 0 Å². The minimum absolute atomic E-state index is 0.000648. The molecule has 0 saturated carbocycles. The topological polar surface area (TPSA) is 18.5 Å². The zero-order valence-electron chi connectivity index (χ0n) is 11.1. The van der Waals surface area contributed by atoms with E-state index in [-0.39, 0.29) is 17.3 Å². The molecular formula is C14H18BrClO2. The Bertz CT molecular complexity index is 457. The molecule has 1 unspecified atom stereocenters. The predicted molar refractivity (Wildman–Crippen MR) is 77.4 cm³/mol. The van der Waals surface area contributed by atoms with Crippen molar-refractivity contribution in [1.82, 2.24) is 0 Å². The third kappa shape index (κ3) is 3.01. The van der Waals surface area contributed by atoms with Crippen molar-refractivity contribution in [2.75, 3.05) is 0 Å². The molecule has 0 N–H and O–H groups in total. The van der Waals surface area contributed by atoms with Crippen LogP contribution in [0, 0.1) is 0 Å². The maximum Gasteiger partial charge on any atom is 0.139 e. The fourth-order valence-electron chi connectivity index (χ4n) is 2.42. The maximum atomic E-state index is 6.15. The average Bonchev–Trinajstić information content (AvgIpc) is 2.40. The van der Waals surface area contributed by atoms with Gasteiger partial charge in [0.1, 0.15) is 17.5 Å². The summed E-state index contributed by atoms with van der Waals surface area (Å²) in [5, 5.41) is 0.624. The Labute approximate surface area is 122 Å². The lowest BCUT2D eigenvalue weighted by Crippen LogP contribution is -2.36. The van der Waals surface area contributed by atoms with Crippen LogP contribution < -0.4 is 4.74 Å². The standard InChI is InChI=1S/C14H18BrClO2/c1-13(2)8-12(14(3,4)18-13)17-11-7-9(15)5-6-10(11)16/h5-7,12H,8H2,1-4H3. The van der Waals surface area contributed by atoms with Crippen molar-refractivity contribution < 1.29 is 9.47 Å². The molecule has 18 heavy (non-hydrogen) atoms. The van der Waals surface area contributed by atoms with Crippen LogP contribution in [0.25, 0.3) is 0 Å². The lowest BCUT2D eigenvalue weighted by molar-refractivity contribution is -0.0845. The molecule has 2 rings (SSSR count). The van der Waals surface area contributed by atoms with Crippen molar-refractivity contribution >= 4 is 27.5 Å². The molecule has 1 aromatic rings. The van der Waals surface area contributed by atoms with Gasteiger partial charge in [-0.3, -0.25) is 0 Å². The van der Waals surface area contributed by atoms with Crippen LogP contribution in [0.15, 0.2) is 22.7 Å². The number of benzene rings is 1. The minimum atomic E-state index is -0.310. The van der Waals surface area contributed by atoms with Gasteiger partial charge in [-0.05, 0) is 45.9 Å². The van der Waals surface area contributed by atoms with Crippen molar-refractivity contribution in [2.45, 2.75) is 51.4 Å². The maximum absolute atomic E-state index is 6.15. The molecule has 2 nitrogen and oxygen atoms in total. The van der Waals surface area contributed by atoms with Gasteiger partial charge in [-0.2, -0.15) is 0 Å². The molecule has 0 aliphatic carbocycles. The Balaban J connectivity index is 2.21. The largest absolute Gasteiger partial charge is 0.486 e. The van der Waals surface area contributed by atoms with E-state index in [0.29, 0.717) is 10.8 Å². The van der Waals surface area contributed by atoms with E-state index in [2.05, 4.69) is 43.6 Å². The third-order valence-electron chi connectivity index (χ3n) is 3.15. The van der Waals surface area contributed by atoms with Gasteiger partial charge in [0.05, 0.1) is 10.6 Å². The van der Waals surface area contributed by atoms with Gasteiger partial charge in [-0.25, -0.2) is 0 Å². The lowest BCUT2D eigenvalue weighted by Gasteiger charge is -2.27. The SMILES string of the molecule is CC1(C)CC(Oc2cc(Br)ccc2Cl)C(C)(C)O1. The van der Waals surface area contributed by atoms with Crippen LogP contribution in [0.4, 0.5) is 0 Å². The van der Waals surface area contributed by atoms with Gasteiger partial charge in [0.2, 0.25) is 0 Å². The predicted octanol–water partition coefficient (Wildman–Crippen LogP) is 4.83. The average molecular weight is 334 g/mol. The highest BCUT2D eigenvalue weighted by Crippen LogP contribution is 2.41. The van der Waals surface area contributed by atoms with Crippen LogP contribution in [0.2, 0.25) is 5.02 Å². The van der Waals surface area contributed by atoms with Crippen LogP contribution >= 0.6 is 27.5 Å². The summed E-state index contributed by atoms with van der Waals surface area (Å²) in [4.78, 5) is 0. The van der Waals surface area contributed by atoms with E-state index < -0.39 is 0 Å². The first-order valence-electron chi connectivity index (χ1n) is 6.01. The Morgan fingerprint density at radius 3 is 2.56 bits per heavy atom. The second-order valence-electron chi connectivity index (χ2n) is 5.85. The normalized spacial score (nSPS) is 25.1. The van der Waals surface area contributed by atoms with Gasteiger partial charge < -0.3 is 9.47 Å². The van der Waals surface area contributed by atoms with Gasteiger partial charge in [-0.1, -0.05) is 27.5 Å². The summed E-state index contributed by atoms with van der Waals surface area (Å²) in [5.41, 5.74) is -0.470. The number of hydrogen-bond acceptors (Lipinski definition) is 2. The molecule has 1 heterocycles. The lowest BCUT2D eigenvalue weighted by atomic mass is 9.97. The Kier molecular flexibility index (Phi) is 3.69. The molecular weight excluding hydrogens is 316 g/mol. The number of halogens is 2. The van der Waals surface area contributed by atoms with E-state index in [1.165, 1.54) is 0 Å². The second kappa shape index (κ2) is 4.69. The first-order chi connectivity index (χ1) is 8.20. The second-order valence-corrected chi connectivity index (χ2v) is 7.17. The summed E-state index contributed by atoms with van der Waals surface area (Å²) in [6, 6.07) is 5.62. The van der Waals surface area contributed by atoms with Gasteiger partial charge in [0, 0.05) is 10.9 Å². The highest BCUT2D eigenvalue weighted by atomic mass is 79.9. The zero-order chi connectivity index (χ0) is 13.6. The van der Waals surface area contributed by atoms with Crippen LogP contribution in [0.5, 0.6) is 5.75 Å². The fourth-order valence-corrected chi connectivity index (χ4v) is 2.92. The molecule has 1 saturated heterocycles. The molecule has 1 atom stereocenters. The van der Waals surface area contributed by atoms with Crippen LogP contribution in [-0.2, 0) is 4.74 Å². The van der Waals surface area contributed by atoms with Crippen molar-refractivity contribution in [3.05, 3.63) is 27.7 Å². The quantitative estimate of drug-likeness (QED) is 0.772. The summed E-state index contributed by atoms with van der Waals surface area (Å²) >= 11 is 9.58. The van der Waals surface area contributed by atoms with Gasteiger partial charge >= 0.3 is 0 Å². The number of rotatable bonds is 2. The Hall–Kier alpha value is -0.250. The van der Waals surface area contributed by atoms with Gasteiger partial charge in [0.25, 0.3) is 0 Å². The molecule has 0 aromatic heterocycles. The van der Waals surface area contributed by atoms with E-state index in [4.69, 9.17) is 21.1 Å². The minimum Gasteiger partial charge on any atom is -0.486 e.